The molecule has 1 aromatic heterocycles. The summed E-state index contributed by atoms with van der Waals surface area (Å²) in [5.41, 5.74) is 0.936. The van der Waals surface area contributed by atoms with Gasteiger partial charge in [-0.1, -0.05) is 6.07 Å². The molecule has 156 valence electrons. The predicted octanol–water partition coefficient (Wildman–Crippen LogP) is 3.09. The molecule has 0 radical (unpaired) electrons. The van der Waals surface area contributed by atoms with Crippen molar-refractivity contribution >= 4 is 23.2 Å². The second-order valence-corrected chi connectivity index (χ2v) is 6.40. The molecule has 0 aliphatic rings. The number of aryl methyl sites for hydroxylation is 1. The normalized spacial score (nSPS) is 10.4. The molecule has 3 aromatic rings. The van der Waals surface area contributed by atoms with Crippen LogP contribution in [0.3, 0.4) is 0 Å². The van der Waals surface area contributed by atoms with Gasteiger partial charge in [0.2, 0.25) is 11.9 Å². The smallest absolute Gasteiger partial charge is 0.255 e. The molecule has 30 heavy (non-hydrogen) atoms. The van der Waals surface area contributed by atoms with E-state index in [9.17, 15) is 14.0 Å². The number of halogens is 1. The van der Waals surface area contributed by atoms with Gasteiger partial charge in [0.25, 0.3) is 5.56 Å². The van der Waals surface area contributed by atoms with Gasteiger partial charge in [-0.05, 0) is 37.3 Å². The first-order chi connectivity index (χ1) is 14.4. The molecule has 0 saturated heterocycles. The minimum absolute atomic E-state index is 0.132. The minimum atomic E-state index is -0.447. The van der Waals surface area contributed by atoms with E-state index < -0.39 is 17.3 Å². The van der Waals surface area contributed by atoms with Crippen molar-refractivity contribution in [1.29, 1.82) is 0 Å². The SMILES string of the molecule is COc1ccc(NC(=O)Cn2c(Nc3cccc(F)c3)nc(C)cc2=O)cc1OC. The van der Waals surface area contributed by atoms with Gasteiger partial charge in [-0.15, -0.1) is 0 Å². The summed E-state index contributed by atoms with van der Waals surface area (Å²) in [4.78, 5) is 29.3. The fourth-order valence-corrected chi connectivity index (χ4v) is 2.82. The van der Waals surface area contributed by atoms with E-state index in [2.05, 4.69) is 15.6 Å². The lowest BCUT2D eigenvalue weighted by molar-refractivity contribution is -0.116. The van der Waals surface area contributed by atoms with Crippen LogP contribution in [-0.4, -0.2) is 29.7 Å². The summed E-state index contributed by atoms with van der Waals surface area (Å²) in [7, 11) is 3.01. The number of nitrogens with zero attached hydrogens (tertiary/aromatic N) is 2. The monoisotopic (exact) mass is 412 g/mol. The fourth-order valence-electron chi connectivity index (χ4n) is 2.82. The van der Waals surface area contributed by atoms with E-state index >= 15 is 0 Å². The second kappa shape index (κ2) is 9.08. The summed E-state index contributed by atoms with van der Waals surface area (Å²) in [6.07, 6.45) is 0. The van der Waals surface area contributed by atoms with Gasteiger partial charge in [0.15, 0.2) is 11.5 Å². The van der Waals surface area contributed by atoms with E-state index in [1.165, 1.54) is 43.1 Å². The molecule has 0 fully saturated rings. The topological polar surface area (TPSA) is 94.5 Å². The van der Waals surface area contributed by atoms with Crippen LogP contribution >= 0.6 is 0 Å². The molecule has 0 aliphatic carbocycles. The number of amides is 1. The van der Waals surface area contributed by atoms with Crippen molar-refractivity contribution in [1.82, 2.24) is 9.55 Å². The lowest BCUT2D eigenvalue weighted by Crippen LogP contribution is -2.30. The third kappa shape index (κ3) is 4.93. The highest BCUT2D eigenvalue weighted by atomic mass is 19.1. The Morgan fingerprint density at radius 2 is 1.83 bits per heavy atom. The highest BCUT2D eigenvalue weighted by molar-refractivity contribution is 5.91. The number of hydrogen-bond donors (Lipinski definition) is 2. The molecule has 0 bridgehead atoms. The number of ether oxygens (including phenoxy) is 2. The summed E-state index contributed by atoms with van der Waals surface area (Å²) in [6, 6.07) is 12.0. The molecule has 0 saturated carbocycles. The number of carbonyl (C=O) groups is 1. The number of carbonyl (C=O) groups excluding carboxylic acids is 1. The number of methoxy groups -OCH3 is 2. The summed E-state index contributed by atoms with van der Waals surface area (Å²) in [6.45, 7) is 1.37. The van der Waals surface area contributed by atoms with Gasteiger partial charge in [-0.2, -0.15) is 0 Å². The lowest BCUT2D eigenvalue weighted by Gasteiger charge is -2.15. The van der Waals surface area contributed by atoms with E-state index in [0.717, 1.165) is 0 Å². The van der Waals surface area contributed by atoms with Crippen molar-refractivity contribution in [2.24, 2.45) is 0 Å². The highest BCUT2D eigenvalue weighted by Crippen LogP contribution is 2.29. The maximum Gasteiger partial charge on any atom is 0.255 e. The Balaban J connectivity index is 1.83. The first kappa shape index (κ1) is 20.8. The molecule has 8 nitrogen and oxygen atoms in total. The van der Waals surface area contributed by atoms with Crippen LogP contribution in [0.1, 0.15) is 5.69 Å². The molecule has 0 spiro atoms. The average Bonchev–Trinajstić information content (AvgIpc) is 2.70. The van der Waals surface area contributed by atoms with Crippen LogP contribution in [0.2, 0.25) is 0 Å². The molecule has 2 aromatic carbocycles. The quantitative estimate of drug-likeness (QED) is 0.619. The minimum Gasteiger partial charge on any atom is -0.493 e. The van der Waals surface area contributed by atoms with Crippen LogP contribution in [0.15, 0.2) is 53.3 Å². The highest BCUT2D eigenvalue weighted by Gasteiger charge is 2.13. The number of aromatic nitrogens is 2. The van der Waals surface area contributed by atoms with Crippen LogP contribution in [0.25, 0.3) is 0 Å². The molecular formula is C21H21FN4O4. The maximum atomic E-state index is 13.5. The van der Waals surface area contributed by atoms with Crippen molar-refractivity contribution in [2.45, 2.75) is 13.5 Å². The van der Waals surface area contributed by atoms with Gasteiger partial charge in [0.05, 0.1) is 14.2 Å². The maximum absolute atomic E-state index is 13.5. The van der Waals surface area contributed by atoms with Crippen molar-refractivity contribution in [3.63, 3.8) is 0 Å². The molecule has 1 heterocycles. The third-order valence-electron chi connectivity index (χ3n) is 4.19. The van der Waals surface area contributed by atoms with Gasteiger partial charge in [-0.25, -0.2) is 9.37 Å². The first-order valence-electron chi connectivity index (χ1n) is 9.02. The average molecular weight is 412 g/mol. The molecule has 9 heteroatoms. The molecule has 1 amide bonds. The van der Waals surface area contributed by atoms with Crippen LogP contribution in [0.5, 0.6) is 11.5 Å². The number of hydrogen-bond acceptors (Lipinski definition) is 6. The molecule has 2 N–H and O–H groups in total. The van der Waals surface area contributed by atoms with Crippen molar-refractivity contribution in [3.8, 4) is 11.5 Å². The molecule has 0 atom stereocenters. The summed E-state index contributed by atoms with van der Waals surface area (Å²) >= 11 is 0. The van der Waals surface area contributed by atoms with Crippen molar-refractivity contribution in [3.05, 3.63) is 70.4 Å². The Labute approximate surface area is 172 Å². The Morgan fingerprint density at radius 3 is 2.53 bits per heavy atom. The zero-order valence-corrected chi connectivity index (χ0v) is 16.7. The Hall–Kier alpha value is -3.88. The Kier molecular flexibility index (Phi) is 6.31. The molecular weight excluding hydrogens is 391 g/mol. The molecule has 0 unspecified atom stereocenters. The Bertz CT molecular complexity index is 1130. The van der Waals surface area contributed by atoms with Gasteiger partial charge in [-0.3, -0.25) is 14.2 Å². The van der Waals surface area contributed by atoms with E-state index in [-0.39, 0.29) is 12.5 Å². The molecule has 0 aliphatic heterocycles. The van der Waals surface area contributed by atoms with Crippen LogP contribution in [0, 0.1) is 12.7 Å². The largest absolute Gasteiger partial charge is 0.493 e. The van der Waals surface area contributed by atoms with Crippen molar-refractivity contribution < 1.29 is 18.7 Å². The van der Waals surface area contributed by atoms with Gasteiger partial charge < -0.3 is 20.1 Å². The molecule has 3 rings (SSSR count). The van der Waals surface area contributed by atoms with E-state index in [0.29, 0.717) is 28.6 Å². The van der Waals surface area contributed by atoms with Crippen LogP contribution < -0.4 is 25.7 Å². The van der Waals surface area contributed by atoms with Gasteiger partial charge >= 0.3 is 0 Å². The predicted molar refractivity (Wildman–Crippen MR) is 111 cm³/mol. The number of nitrogens with one attached hydrogen (secondary N) is 2. The lowest BCUT2D eigenvalue weighted by atomic mass is 10.2. The summed E-state index contributed by atoms with van der Waals surface area (Å²) in [5.74, 6) is 0.229. The zero-order chi connectivity index (χ0) is 21.7. The fraction of sp³-hybridized carbons (Fsp3) is 0.190. The van der Waals surface area contributed by atoms with Gasteiger partial charge in [0.1, 0.15) is 12.4 Å². The zero-order valence-electron chi connectivity index (χ0n) is 16.7. The van der Waals surface area contributed by atoms with Crippen LogP contribution in [0.4, 0.5) is 21.7 Å². The Morgan fingerprint density at radius 1 is 1.07 bits per heavy atom. The van der Waals surface area contributed by atoms with Gasteiger partial charge in [0, 0.05) is 29.2 Å². The van der Waals surface area contributed by atoms with E-state index in [1.54, 1.807) is 31.2 Å². The first-order valence-corrected chi connectivity index (χ1v) is 9.02. The number of anilines is 3. The van der Waals surface area contributed by atoms with Crippen molar-refractivity contribution in [2.75, 3.05) is 24.9 Å². The number of rotatable bonds is 7. The third-order valence-corrected chi connectivity index (χ3v) is 4.19. The second-order valence-electron chi connectivity index (χ2n) is 6.40. The van der Waals surface area contributed by atoms with E-state index in [1.807, 2.05) is 0 Å². The van der Waals surface area contributed by atoms with Crippen LogP contribution in [-0.2, 0) is 11.3 Å². The standard InChI is InChI=1S/C21H21FN4O4/c1-13-9-20(28)26(21(23-13)25-15-6-4-5-14(22)10-15)12-19(27)24-16-7-8-17(29-2)18(11-16)30-3/h4-11H,12H2,1-3H3,(H,23,25)(H,24,27). The van der Waals surface area contributed by atoms with E-state index in [4.69, 9.17) is 9.47 Å². The summed E-state index contributed by atoms with van der Waals surface area (Å²) < 4.78 is 25.1. The summed E-state index contributed by atoms with van der Waals surface area (Å²) in [5, 5.41) is 5.60. The number of benzene rings is 2.